The van der Waals surface area contributed by atoms with Crippen molar-refractivity contribution in [2.24, 2.45) is 0 Å². The van der Waals surface area contributed by atoms with Crippen molar-refractivity contribution in [1.29, 1.82) is 0 Å². The van der Waals surface area contributed by atoms with Crippen molar-refractivity contribution in [3.8, 4) is 11.3 Å². The summed E-state index contributed by atoms with van der Waals surface area (Å²) in [5.41, 5.74) is 2.86. The standard InChI is InChI=1S/C18H16ClN3O/c19-16-8-6-15(7-9-16)17-10-11-22(21-17)13-18(23)20-12-14-4-2-1-3-5-14/h1-11H,12-13H2,(H,20,23). The molecule has 0 bridgehead atoms. The number of nitrogens with one attached hydrogen (secondary N) is 1. The third-order valence-corrected chi connectivity index (χ3v) is 3.67. The lowest BCUT2D eigenvalue weighted by molar-refractivity contribution is -0.122. The highest BCUT2D eigenvalue weighted by Gasteiger charge is 2.06. The van der Waals surface area contributed by atoms with E-state index in [0.29, 0.717) is 11.6 Å². The number of aromatic nitrogens is 2. The lowest BCUT2D eigenvalue weighted by atomic mass is 10.2. The van der Waals surface area contributed by atoms with Gasteiger partial charge in [0.15, 0.2) is 0 Å². The summed E-state index contributed by atoms with van der Waals surface area (Å²) >= 11 is 5.88. The molecule has 0 fully saturated rings. The van der Waals surface area contributed by atoms with Gasteiger partial charge in [0.05, 0.1) is 5.69 Å². The van der Waals surface area contributed by atoms with E-state index in [0.717, 1.165) is 16.8 Å². The minimum absolute atomic E-state index is 0.0698. The normalized spacial score (nSPS) is 10.5. The first-order valence-corrected chi connectivity index (χ1v) is 7.68. The SMILES string of the molecule is O=C(Cn1ccc(-c2ccc(Cl)cc2)n1)NCc1ccccc1. The van der Waals surface area contributed by atoms with Crippen molar-refractivity contribution < 1.29 is 4.79 Å². The van der Waals surface area contributed by atoms with Crippen LogP contribution in [0, 0.1) is 0 Å². The van der Waals surface area contributed by atoms with E-state index in [1.54, 1.807) is 10.9 Å². The van der Waals surface area contributed by atoms with Crippen LogP contribution in [0.25, 0.3) is 11.3 Å². The minimum Gasteiger partial charge on any atom is -0.350 e. The molecule has 0 aliphatic rings. The smallest absolute Gasteiger partial charge is 0.241 e. The van der Waals surface area contributed by atoms with E-state index in [9.17, 15) is 4.79 Å². The summed E-state index contributed by atoms with van der Waals surface area (Å²) in [5, 5.41) is 7.99. The molecule has 1 amide bonds. The minimum atomic E-state index is -0.0698. The van der Waals surface area contributed by atoms with Crippen LogP contribution in [0.15, 0.2) is 66.9 Å². The molecule has 3 rings (SSSR count). The highest BCUT2D eigenvalue weighted by atomic mass is 35.5. The first-order valence-electron chi connectivity index (χ1n) is 7.31. The molecule has 2 aromatic carbocycles. The molecule has 1 heterocycles. The van der Waals surface area contributed by atoms with E-state index >= 15 is 0 Å². The number of nitrogens with zero attached hydrogens (tertiary/aromatic N) is 2. The average Bonchev–Trinajstić information content (AvgIpc) is 3.03. The quantitative estimate of drug-likeness (QED) is 0.780. The molecule has 0 unspecified atom stereocenters. The zero-order chi connectivity index (χ0) is 16.1. The number of rotatable bonds is 5. The van der Waals surface area contributed by atoms with Crippen molar-refractivity contribution in [2.75, 3.05) is 0 Å². The van der Waals surface area contributed by atoms with Gasteiger partial charge in [0, 0.05) is 23.3 Å². The van der Waals surface area contributed by atoms with Crippen LogP contribution in [-0.4, -0.2) is 15.7 Å². The van der Waals surface area contributed by atoms with Crippen LogP contribution in [0.3, 0.4) is 0 Å². The monoisotopic (exact) mass is 325 g/mol. The number of carbonyl (C=O) groups excluding carboxylic acids is 1. The molecule has 4 nitrogen and oxygen atoms in total. The number of hydrogen-bond donors (Lipinski definition) is 1. The molecule has 116 valence electrons. The summed E-state index contributed by atoms with van der Waals surface area (Å²) < 4.78 is 1.63. The molecule has 23 heavy (non-hydrogen) atoms. The van der Waals surface area contributed by atoms with Gasteiger partial charge in [-0.1, -0.05) is 54.1 Å². The number of halogens is 1. The van der Waals surface area contributed by atoms with Gasteiger partial charge in [-0.15, -0.1) is 0 Å². The molecule has 0 saturated heterocycles. The van der Waals surface area contributed by atoms with Gasteiger partial charge in [-0.3, -0.25) is 9.48 Å². The number of amides is 1. The zero-order valence-corrected chi connectivity index (χ0v) is 13.2. The Bertz CT molecular complexity index is 782. The van der Waals surface area contributed by atoms with E-state index in [2.05, 4.69) is 10.4 Å². The van der Waals surface area contributed by atoms with Gasteiger partial charge >= 0.3 is 0 Å². The Balaban J connectivity index is 1.58. The van der Waals surface area contributed by atoms with Crippen molar-refractivity contribution in [3.05, 3.63) is 77.4 Å². The molecular weight excluding hydrogens is 310 g/mol. The number of hydrogen-bond acceptors (Lipinski definition) is 2. The second-order valence-electron chi connectivity index (χ2n) is 5.17. The summed E-state index contributed by atoms with van der Waals surface area (Å²) in [6, 6.07) is 19.2. The third-order valence-electron chi connectivity index (χ3n) is 3.42. The summed E-state index contributed by atoms with van der Waals surface area (Å²) in [6.07, 6.45) is 1.80. The van der Waals surface area contributed by atoms with Crippen molar-refractivity contribution in [3.63, 3.8) is 0 Å². The number of benzene rings is 2. The molecule has 0 aliphatic carbocycles. The van der Waals surface area contributed by atoms with Gasteiger partial charge in [-0.2, -0.15) is 5.10 Å². The van der Waals surface area contributed by atoms with Gasteiger partial charge in [-0.05, 0) is 23.8 Å². The maximum atomic E-state index is 12.0. The topological polar surface area (TPSA) is 46.9 Å². The van der Waals surface area contributed by atoms with Crippen molar-refractivity contribution in [2.45, 2.75) is 13.1 Å². The van der Waals surface area contributed by atoms with Gasteiger partial charge in [-0.25, -0.2) is 0 Å². The summed E-state index contributed by atoms with van der Waals surface area (Å²) in [7, 11) is 0. The molecule has 0 aliphatic heterocycles. The second kappa shape index (κ2) is 7.11. The predicted molar refractivity (Wildman–Crippen MR) is 91.0 cm³/mol. The summed E-state index contributed by atoms with van der Waals surface area (Å²) in [4.78, 5) is 12.0. The highest BCUT2D eigenvalue weighted by molar-refractivity contribution is 6.30. The van der Waals surface area contributed by atoms with Crippen molar-refractivity contribution >= 4 is 17.5 Å². The van der Waals surface area contributed by atoms with Crippen LogP contribution in [0.5, 0.6) is 0 Å². The second-order valence-corrected chi connectivity index (χ2v) is 5.60. The van der Waals surface area contributed by atoms with Gasteiger partial charge < -0.3 is 5.32 Å². The Kier molecular flexibility index (Phi) is 4.74. The molecule has 3 aromatic rings. The Labute approximate surface area is 139 Å². The fourth-order valence-corrected chi connectivity index (χ4v) is 2.35. The van der Waals surface area contributed by atoms with Gasteiger partial charge in [0.2, 0.25) is 5.91 Å². The molecule has 1 N–H and O–H groups in total. The van der Waals surface area contributed by atoms with Crippen LogP contribution in [-0.2, 0) is 17.9 Å². The Morgan fingerprint density at radius 1 is 1.04 bits per heavy atom. The fraction of sp³-hybridized carbons (Fsp3) is 0.111. The summed E-state index contributed by atoms with van der Waals surface area (Å²) in [6.45, 7) is 0.714. The van der Waals surface area contributed by atoms with E-state index in [4.69, 9.17) is 11.6 Å². The average molecular weight is 326 g/mol. The van der Waals surface area contributed by atoms with Crippen LogP contribution >= 0.6 is 11.6 Å². The van der Waals surface area contributed by atoms with E-state index in [1.165, 1.54) is 0 Å². The Morgan fingerprint density at radius 3 is 2.52 bits per heavy atom. The largest absolute Gasteiger partial charge is 0.350 e. The van der Waals surface area contributed by atoms with Gasteiger partial charge in [0.1, 0.15) is 6.54 Å². The first-order chi connectivity index (χ1) is 11.2. The van der Waals surface area contributed by atoms with Gasteiger partial charge in [0.25, 0.3) is 0 Å². The predicted octanol–water partition coefficient (Wildman–Crippen LogP) is 3.52. The first kappa shape index (κ1) is 15.3. The van der Waals surface area contributed by atoms with Crippen LogP contribution in [0.2, 0.25) is 5.02 Å². The highest BCUT2D eigenvalue weighted by Crippen LogP contribution is 2.19. The fourth-order valence-electron chi connectivity index (χ4n) is 2.22. The molecular formula is C18H16ClN3O. The van der Waals surface area contributed by atoms with E-state index in [1.807, 2.05) is 60.7 Å². The third kappa shape index (κ3) is 4.20. The lowest BCUT2D eigenvalue weighted by Gasteiger charge is -2.05. The molecule has 5 heteroatoms. The lowest BCUT2D eigenvalue weighted by Crippen LogP contribution is -2.27. The zero-order valence-electron chi connectivity index (χ0n) is 12.4. The molecule has 0 atom stereocenters. The Hall–Kier alpha value is -2.59. The maximum Gasteiger partial charge on any atom is 0.241 e. The molecule has 0 spiro atoms. The summed E-state index contributed by atoms with van der Waals surface area (Å²) in [5.74, 6) is -0.0698. The molecule has 1 aromatic heterocycles. The van der Waals surface area contributed by atoms with Crippen LogP contribution in [0.4, 0.5) is 0 Å². The van der Waals surface area contributed by atoms with E-state index in [-0.39, 0.29) is 12.5 Å². The van der Waals surface area contributed by atoms with Crippen LogP contribution in [0.1, 0.15) is 5.56 Å². The number of carbonyl (C=O) groups is 1. The molecule has 0 radical (unpaired) electrons. The van der Waals surface area contributed by atoms with E-state index < -0.39 is 0 Å². The molecule has 0 saturated carbocycles. The van der Waals surface area contributed by atoms with Crippen LogP contribution < -0.4 is 5.32 Å². The maximum absolute atomic E-state index is 12.0. The van der Waals surface area contributed by atoms with Crippen molar-refractivity contribution in [1.82, 2.24) is 15.1 Å². The Morgan fingerprint density at radius 2 is 1.78 bits per heavy atom.